The highest BCUT2D eigenvalue weighted by Gasteiger charge is 1.91. The summed E-state index contributed by atoms with van der Waals surface area (Å²) in [6.45, 7) is 0. The highest BCUT2D eigenvalue weighted by atomic mass is 15.2. The Morgan fingerprint density at radius 2 is 1.86 bits per heavy atom. The largest absolute Gasteiger partial charge is 0.269 e. The first-order valence-electron chi connectivity index (χ1n) is 4.57. The summed E-state index contributed by atoms with van der Waals surface area (Å²) in [6, 6.07) is 12.2. The van der Waals surface area contributed by atoms with E-state index in [0.29, 0.717) is 0 Å². The van der Waals surface area contributed by atoms with Gasteiger partial charge in [-0.25, -0.2) is 0 Å². The van der Waals surface area contributed by atoms with Gasteiger partial charge in [-0.1, -0.05) is 36.4 Å². The molecule has 0 saturated heterocycles. The lowest BCUT2D eigenvalue weighted by molar-refractivity contribution is 0.760. The van der Waals surface area contributed by atoms with Gasteiger partial charge in [-0.2, -0.15) is 5.10 Å². The van der Waals surface area contributed by atoms with Gasteiger partial charge in [0, 0.05) is 13.2 Å². The van der Waals surface area contributed by atoms with Gasteiger partial charge >= 0.3 is 0 Å². The Balaban J connectivity index is 2.20. The minimum atomic E-state index is 1.11. The highest BCUT2D eigenvalue weighted by molar-refractivity contribution is 5.67. The number of aryl methyl sites for hydroxylation is 1. The molecule has 0 radical (unpaired) electrons. The third kappa shape index (κ3) is 1.91. The van der Waals surface area contributed by atoms with Crippen LogP contribution in [0.4, 0.5) is 0 Å². The maximum Gasteiger partial charge on any atom is 0.0606 e. The molecule has 0 spiro atoms. The maximum absolute atomic E-state index is 4.09. The zero-order valence-corrected chi connectivity index (χ0v) is 8.09. The van der Waals surface area contributed by atoms with Crippen molar-refractivity contribution in [1.29, 1.82) is 0 Å². The van der Waals surface area contributed by atoms with Crippen LogP contribution in [0.25, 0.3) is 12.2 Å². The van der Waals surface area contributed by atoms with Crippen LogP contribution in [-0.4, -0.2) is 9.78 Å². The van der Waals surface area contributed by atoms with Gasteiger partial charge in [0.05, 0.1) is 5.69 Å². The summed E-state index contributed by atoms with van der Waals surface area (Å²) in [5, 5.41) is 4.09. The summed E-state index contributed by atoms with van der Waals surface area (Å²) in [6.07, 6.45) is 5.93. The standard InChI is InChI=1S/C12H12N2/c1-14-12(9-10-13-14)8-7-11-5-3-2-4-6-11/h2-10H,1H3. The van der Waals surface area contributed by atoms with Crippen LogP contribution in [0.3, 0.4) is 0 Å². The second-order valence-corrected chi connectivity index (χ2v) is 3.12. The van der Waals surface area contributed by atoms with E-state index in [4.69, 9.17) is 0 Å². The topological polar surface area (TPSA) is 17.8 Å². The summed E-state index contributed by atoms with van der Waals surface area (Å²) < 4.78 is 1.85. The van der Waals surface area contributed by atoms with Crippen molar-refractivity contribution in [2.24, 2.45) is 7.05 Å². The molecule has 0 saturated carbocycles. The quantitative estimate of drug-likeness (QED) is 0.701. The number of benzene rings is 1. The molecular formula is C12H12N2. The van der Waals surface area contributed by atoms with Gasteiger partial charge in [0.25, 0.3) is 0 Å². The van der Waals surface area contributed by atoms with E-state index < -0.39 is 0 Å². The van der Waals surface area contributed by atoms with Gasteiger partial charge in [-0.15, -0.1) is 0 Å². The Morgan fingerprint density at radius 3 is 2.50 bits per heavy atom. The molecule has 2 nitrogen and oxygen atoms in total. The molecule has 0 aliphatic rings. The Labute approximate surface area is 83.5 Å². The fourth-order valence-electron chi connectivity index (χ4n) is 1.29. The summed E-state index contributed by atoms with van der Waals surface area (Å²) in [5.41, 5.74) is 2.31. The monoisotopic (exact) mass is 184 g/mol. The van der Waals surface area contributed by atoms with Gasteiger partial charge in [0.1, 0.15) is 0 Å². The van der Waals surface area contributed by atoms with Crippen molar-refractivity contribution in [2.75, 3.05) is 0 Å². The van der Waals surface area contributed by atoms with Crippen molar-refractivity contribution >= 4 is 12.2 Å². The second kappa shape index (κ2) is 3.92. The molecule has 0 aliphatic heterocycles. The van der Waals surface area contributed by atoms with E-state index in [1.54, 1.807) is 6.20 Å². The SMILES string of the molecule is Cn1nccc1C=Cc1ccccc1. The average molecular weight is 184 g/mol. The summed E-state index contributed by atoms with van der Waals surface area (Å²) >= 11 is 0. The zero-order valence-electron chi connectivity index (χ0n) is 8.09. The van der Waals surface area contributed by atoms with Gasteiger partial charge in [0.2, 0.25) is 0 Å². The zero-order chi connectivity index (χ0) is 9.80. The lowest BCUT2D eigenvalue weighted by Gasteiger charge is -1.94. The minimum absolute atomic E-state index is 1.11. The molecule has 1 aromatic heterocycles. The average Bonchev–Trinajstić information content (AvgIpc) is 2.63. The van der Waals surface area contributed by atoms with E-state index in [9.17, 15) is 0 Å². The van der Waals surface area contributed by atoms with Crippen LogP contribution in [0, 0.1) is 0 Å². The van der Waals surface area contributed by atoms with Crippen LogP contribution in [0.5, 0.6) is 0 Å². The van der Waals surface area contributed by atoms with E-state index in [-0.39, 0.29) is 0 Å². The predicted octanol–water partition coefficient (Wildman–Crippen LogP) is 2.59. The van der Waals surface area contributed by atoms with Crippen molar-refractivity contribution in [1.82, 2.24) is 9.78 Å². The van der Waals surface area contributed by atoms with E-state index in [2.05, 4.69) is 29.4 Å². The molecule has 0 N–H and O–H groups in total. The smallest absolute Gasteiger partial charge is 0.0606 e. The summed E-state index contributed by atoms with van der Waals surface area (Å²) in [4.78, 5) is 0. The van der Waals surface area contributed by atoms with E-state index in [1.807, 2.05) is 36.0 Å². The van der Waals surface area contributed by atoms with Gasteiger partial charge in [-0.3, -0.25) is 4.68 Å². The van der Waals surface area contributed by atoms with Crippen molar-refractivity contribution < 1.29 is 0 Å². The van der Waals surface area contributed by atoms with Crippen LogP contribution in [0.15, 0.2) is 42.6 Å². The molecule has 0 amide bonds. The molecule has 0 atom stereocenters. The van der Waals surface area contributed by atoms with Gasteiger partial charge < -0.3 is 0 Å². The van der Waals surface area contributed by atoms with Crippen molar-refractivity contribution in [2.45, 2.75) is 0 Å². The van der Waals surface area contributed by atoms with Gasteiger partial charge in [-0.05, 0) is 17.7 Å². The second-order valence-electron chi connectivity index (χ2n) is 3.12. The van der Waals surface area contributed by atoms with Crippen LogP contribution in [-0.2, 0) is 7.05 Å². The van der Waals surface area contributed by atoms with E-state index >= 15 is 0 Å². The number of hydrogen-bond acceptors (Lipinski definition) is 1. The molecule has 0 bridgehead atoms. The molecule has 2 heteroatoms. The molecule has 1 aromatic carbocycles. The molecule has 14 heavy (non-hydrogen) atoms. The fraction of sp³-hybridized carbons (Fsp3) is 0.0833. The Bertz CT molecular complexity index is 427. The molecular weight excluding hydrogens is 172 g/mol. The number of rotatable bonds is 2. The number of nitrogens with zero attached hydrogens (tertiary/aromatic N) is 2. The first-order chi connectivity index (χ1) is 6.86. The molecule has 1 heterocycles. The molecule has 70 valence electrons. The normalized spacial score (nSPS) is 10.9. The van der Waals surface area contributed by atoms with Crippen molar-refractivity contribution in [3.63, 3.8) is 0 Å². The third-order valence-corrected chi connectivity index (χ3v) is 2.10. The minimum Gasteiger partial charge on any atom is -0.269 e. The molecule has 0 aliphatic carbocycles. The Morgan fingerprint density at radius 1 is 1.07 bits per heavy atom. The molecule has 2 rings (SSSR count). The lowest BCUT2D eigenvalue weighted by Crippen LogP contribution is -1.91. The third-order valence-electron chi connectivity index (χ3n) is 2.10. The van der Waals surface area contributed by atoms with Crippen LogP contribution in [0.1, 0.15) is 11.3 Å². The van der Waals surface area contributed by atoms with Crippen LogP contribution < -0.4 is 0 Å². The molecule has 2 aromatic rings. The first-order valence-corrected chi connectivity index (χ1v) is 4.57. The molecule has 0 unspecified atom stereocenters. The summed E-state index contributed by atoms with van der Waals surface area (Å²) in [7, 11) is 1.94. The van der Waals surface area contributed by atoms with Crippen LogP contribution >= 0.6 is 0 Å². The fourth-order valence-corrected chi connectivity index (χ4v) is 1.29. The van der Waals surface area contributed by atoms with E-state index in [0.717, 1.165) is 5.69 Å². The van der Waals surface area contributed by atoms with Crippen molar-refractivity contribution in [3.8, 4) is 0 Å². The Kier molecular flexibility index (Phi) is 2.45. The van der Waals surface area contributed by atoms with E-state index in [1.165, 1.54) is 5.56 Å². The lowest BCUT2D eigenvalue weighted by atomic mass is 10.2. The highest BCUT2D eigenvalue weighted by Crippen LogP contribution is 2.06. The summed E-state index contributed by atoms with van der Waals surface area (Å²) in [5.74, 6) is 0. The number of aromatic nitrogens is 2. The Hall–Kier alpha value is -1.83. The first kappa shape index (κ1) is 8.75. The van der Waals surface area contributed by atoms with Gasteiger partial charge in [0.15, 0.2) is 0 Å². The van der Waals surface area contributed by atoms with Crippen molar-refractivity contribution in [3.05, 3.63) is 53.9 Å². The number of hydrogen-bond donors (Lipinski definition) is 0. The van der Waals surface area contributed by atoms with Crippen LogP contribution in [0.2, 0.25) is 0 Å². The predicted molar refractivity (Wildman–Crippen MR) is 58.6 cm³/mol. The molecule has 0 fully saturated rings. The maximum atomic E-state index is 4.09.